The predicted octanol–water partition coefficient (Wildman–Crippen LogP) is 5.97. The molecule has 4 heterocycles. The van der Waals surface area contributed by atoms with Crippen molar-refractivity contribution in [1.29, 1.82) is 0 Å². The first-order valence-corrected chi connectivity index (χ1v) is 17.5. The zero-order valence-electron chi connectivity index (χ0n) is 27.1. The Bertz CT molecular complexity index is 1800. The van der Waals surface area contributed by atoms with Crippen molar-refractivity contribution in [1.82, 2.24) is 4.90 Å². The van der Waals surface area contributed by atoms with Gasteiger partial charge in [-0.2, -0.15) is 0 Å². The summed E-state index contributed by atoms with van der Waals surface area (Å²) in [5.74, 6) is -1.75. The number of hydrogen-bond donors (Lipinski definition) is 1. The lowest BCUT2D eigenvalue weighted by molar-refractivity contribution is -0.142. The molecule has 0 aromatic heterocycles. The average molecular weight is 684 g/mol. The topological polar surface area (TPSA) is 90.4 Å². The summed E-state index contributed by atoms with van der Waals surface area (Å²) in [6.07, 6.45) is 7.94. The third-order valence-corrected chi connectivity index (χ3v) is 12.2. The van der Waals surface area contributed by atoms with Gasteiger partial charge in [0.05, 0.1) is 46.5 Å². The molecule has 0 radical (unpaired) electrons. The van der Waals surface area contributed by atoms with Crippen LogP contribution >= 0.6 is 23.4 Å². The number of benzene rings is 3. The highest BCUT2D eigenvalue weighted by Gasteiger charge is 2.74. The Kier molecular flexibility index (Phi) is 8.42. The molecule has 248 valence electrons. The van der Waals surface area contributed by atoms with Crippen molar-refractivity contribution >= 4 is 52.5 Å². The van der Waals surface area contributed by atoms with Crippen LogP contribution in [0.5, 0.6) is 5.75 Å². The van der Waals surface area contributed by atoms with Crippen LogP contribution in [0, 0.1) is 18.8 Å². The number of carbonyl (C=O) groups is 3. The summed E-state index contributed by atoms with van der Waals surface area (Å²) in [5, 5.41) is 11.3. The number of para-hydroxylation sites is 1. The van der Waals surface area contributed by atoms with Crippen LogP contribution in [0.4, 0.5) is 11.4 Å². The van der Waals surface area contributed by atoms with E-state index in [1.165, 1.54) is 11.8 Å². The highest BCUT2D eigenvalue weighted by Crippen LogP contribution is 2.66. The highest BCUT2D eigenvalue weighted by atomic mass is 35.5. The summed E-state index contributed by atoms with van der Waals surface area (Å²) >= 11 is 8.24. The Balaban J connectivity index is 1.38. The number of anilines is 2. The van der Waals surface area contributed by atoms with Gasteiger partial charge in [-0.05, 0) is 62.2 Å². The normalized spacial score (nSPS) is 28.6. The van der Waals surface area contributed by atoms with Gasteiger partial charge >= 0.3 is 0 Å². The number of carbonyl (C=O) groups excluding carboxylic acids is 3. The molecule has 3 aromatic rings. The lowest BCUT2D eigenvalue weighted by atomic mass is 9.74. The lowest BCUT2D eigenvalue weighted by Crippen LogP contribution is -2.54. The third kappa shape index (κ3) is 4.97. The monoisotopic (exact) mass is 683 g/mol. The minimum absolute atomic E-state index is 0.181. The molecule has 1 N–H and O–H groups in total. The Morgan fingerprint density at radius 2 is 1.60 bits per heavy atom. The molecule has 3 amide bonds. The molecule has 48 heavy (non-hydrogen) atoms. The van der Waals surface area contributed by atoms with Gasteiger partial charge in [0.2, 0.25) is 11.8 Å². The molecule has 4 aliphatic heterocycles. The Morgan fingerprint density at radius 3 is 2.29 bits per heavy atom. The summed E-state index contributed by atoms with van der Waals surface area (Å²) in [6, 6.07) is 20.4. The molecule has 1 unspecified atom stereocenters. The Labute approximate surface area is 290 Å². The minimum atomic E-state index is -1.10. The number of rotatable bonds is 7. The second-order valence-corrected chi connectivity index (χ2v) is 15.1. The van der Waals surface area contributed by atoms with Crippen LogP contribution in [-0.2, 0) is 14.4 Å². The van der Waals surface area contributed by atoms with Crippen molar-refractivity contribution in [3.63, 3.8) is 0 Å². The van der Waals surface area contributed by atoms with Gasteiger partial charge in [0.25, 0.3) is 5.91 Å². The molecule has 0 bridgehead atoms. The summed E-state index contributed by atoms with van der Waals surface area (Å²) in [7, 11) is 0. The van der Waals surface area contributed by atoms with Gasteiger partial charge in [0, 0.05) is 23.5 Å². The number of thioether (sulfide) groups is 1. The first-order chi connectivity index (χ1) is 23.1. The molecule has 2 fully saturated rings. The average Bonchev–Trinajstić information content (AvgIpc) is 3.35. The first kappa shape index (κ1) is 32.5. The largest absolute Gasteiger partial charge is 0.494 e. The minimum Gasteiger partial charge on any atom is -0.494 e. The number of nitrogens with zero attached hydrogens (tertiary/aromatic N) is 3. The number of aliphatic hydroxyl groups is 1. The molecule has 1 spiro atoms. The van der Waals surface area contributed by atoms with Crippen molar-refractivity contribution in [3.05, 3.63) is 113 Å². The third-order valence-electron chi connectivity index (χ3n) is 10.1. The van der Waals surface area contributed by atoms with Gasteiger partial charge in [-0.15, -0.1) is 11.8 Å². The number of halogens is 1. The molecule has 0 saturated carbocycles. The number of fused-ring (bicyclic) bond motifs is 2. The van der Waals surface area contributed by atoms with E-state index in [1.807, 2.05) is 112 Å². The summed E-state index contributed by atoms with van der Waals surface area (Å²) in [4.78, 5) is 50.0. The van der Waals surface area contributed by atoms with Crippen molar-refractivity contribution in [2.24, 2.45) is 11.8 Å². The fraction of sp³-hybridized carbons (Fsp3) is 0.342. The van der Waals surface area contributed by atoms with E-state index in [-0.39, 0.29) is 24.3 Å². The first-order valence-electron chi connectivity index (χ1n) is 16.3. The van der Waals surface area contributed by atoms with Crippen LogP contribution in [0.1, 0.15) is 31.0 Å². The van der Waals surface area contributed by atoms with Crippen LogP contribution in [0.25, 0.3) is 0 Å². The van der Waals surface area contributed by atoms with E-state index in [9.17, 15) is 9.90 Å². The van der Waals surface area contributed by atoms with E-state index in [4.69, 9.17) is 16.3 Å². The van der Waals surface area contributed by atoms with Crippen LogP contribution in [0.2, 0.25) is 5.02 Å². The molecule has 10 heteroatoms. The number of aryl methyl sites for hydroxylation is 1. The molecule has 2 saturated heterocycles. The SMILES string of the molecule is CCOc1ccc(N2CC=C[C@@]3(C)S[C@]45C=CCN(c6c(C)cccc6Cl)C(=O)C4N([C@H](CO)c4ccccc4)C(=O)[C@@H]5[C@H]3C2=O)cc1. The number of aliphatic hydroxyl groups excluding tert-OH is 1. The zero-order valence-corrected chi connectivity index (χ0v) is 28.7. The maximum atomic E-state index is 15.1. The second-order valence-electron chi connectivity index (χ2n) is 12.9. The van der Waals surface area contributed by atoms with E-state index >= 15 is 9.59 Å². The number of hydrogen-bond acceptors (Lipinski definition) is 6. The number of likely N-dealkylation sites (tertiary alicyclic amines) is 1. The van der Waals surface area contributed by atoms with Crippen LogP contribution < -0.4 is 14.5 Å². The van der Waals surface area contributed by atoms with Gasteiger partial charge in [0.1, 0.15) is 11.8 Å². The molecular weight excluding hydrogens is 646 g/mol. The molecule has 6 atom stereocenters. The van der Waals surface area contributed by atoms with Crippen molar-refractivity contribution in [2.75, 3.05) is 36.1 Å². The van der Waals surface area contributed by atoms with E-state index in [2.05, 4.69) is 0 Å². The van der Waals surface area contributed by atoms with E-state index in [1.54, 1.807) is 20.8 Å². The Morgan fingerprint density at radius 1 is 0.896 bits per heavy atom. The van der Waals surface area contributed by atoms with Gasteiger partial charge in [-0.1, -0.05) is 78.4 Å². The van der Waals surface area contributed by atoms with Gasteiger partial charge < -0.3 is 24.5 Å². The molecule has 7 rings (SSSR count). The second kappa shape index (κ2) is 12.4. The van der Waals surface area contributed by atoms with E-state index in [0.717, 1.165) is 5.56 Å². The molecule has 8 nitrogen and oxygen atoms in total. The zero-order chi connectivity index (χ0) is 33.8. The molecule has 3 aromatic carbocycles. The summed E-state index contributed by atoms with van der Waals surface area (Å²) in [5.41, 5.74) is 2.83. The maximum absolute atomic E-state index is 15.1. The van der Waals surface area contributed by atoms with Crippen LogP contribution in [0.3, 0.4) is 0 Å². The fourth-order valence-corrected chi connectivity index (χ4v) is 10.6. The van der Waals surface area contributed by atoms with Crippen molar-refractivity contribution in [3.8, 4) is 5.75 Å². The molecular formula is C38H38ClN3O5S. The van der Waals surface area contributed by atoms with Gasteiger partial charge in [0.15, 0.2) is 0 Å². The quantitative estimate of drug-likeness (QED) is 0.309. The van der Waals surface area contributed by atoms with Gasteiger partial charge in [-0.25, -0.2) is 0 Å². The number of ether oxygens (including phenoxy) is 1. The standard InChI is InChI=1S/C38H38ClN3O5S/c1-4-47-27-17-15-26(16-18-27)40-21-9-19-37(3)30(34(40)44)31-35(45)42(29(23-43)25-12-6-5-7-13-25)33-36(46)41(22-10-20-38(31,33)48-37)32-24(2)11-8-14-28(32)39/h5-20,29-31,33,43H,4,21-23H2,1-3H3/t29-,30+,31+,33?,37-,38+/m1/s1. The summed E-state index contributed by atoms with van der Waals surface area (Å²) in [6.45, 7) is 6.55. The van der Waals surface area contributed by atoms with E-state index < -0.39 is 40.0 Å². The van der Waals surface area contributed by atoms with Crippen LogP contribution in [0.15, 0.2) is 97.1 Å². The number of amides is 3. The fourth-order valence-electron chi connectivity index (χ4n) is 8.11. The molecule has 4 aliphatic rings. The lowest BCUT2D eigenvalue weighted by Gasteiger charge is -2.40. The van der Waals surface area contributed by atoms with Crippen molar-refractivity contribution < 1.29 is 24.2 Å². The smallest absolute Gasteiger partial charge is 0.251 e. The summed E-state index contributed by atoms with van der Waals surface area (Å²) < 4.78 is 3.75. The maximum Gasteiger partial charge on any atom is 0.251 e. The highest BCUT2D eigenvalue weighted by molar-refractivity contribution is 8.02. The van der Waals surface area contributed by atoms with Crippen LogP contribution in [-0.4, -0.2) is 69.6 Å². The van der Waals surface area contributed by atoms with Gasteiger partial charge in [-0.3, -0.25) is 14.4 Å². The van der Waals surface area contributed by atoms with Crippen molar-refractivity contribution in [2.45, 2.75) is 42.3 Å². The predicted molar refractivity (Wildman–Crippen MR) is 189 cm³/mol. The van der Waals surface area contributed by atoms with E-state index in [0.29, 0.717) is 40.9 Å². The Hall–Kier alpha value is -4.05. The molecule has 0 aliphatic carbocycles.